The quantitative estimate of drug-likeness (QED) is 0.282. The van der Waals surface area contributed by atoms with Gasteiger partial charge in [-0.15, -0.1) is 5.06 Å². The van der Waals surface area contributed by atoms with Crippen molar-refractivity contribution in [3.8, 4) is 0 Å². The Morgan fingerprint density at radius 1 is 1.12 bits per heavy atom. The van der Waals surface area contributed by atoms with Crippen LogP contribution in [0, 0.1) is 11.8 Å². The molecule has 1 aliphatic heterocycles. The summed E-state index contributed by atoms with van der Waals surface area (Å²) in [6.45, 7) is 0. The maximum Gasteiger partial charge on any atom is 0.333 e. The second-order valence-corrected chi connectivity index (χ2v) is 8.98. The van der Waals surface area contributed by atoms with E-state index in [1.54, 1.807) is 0 Å². The molecule has 2 fully saturated rings. The summed E-state index contributed by atoms with van der Waals surface area (Å²) < 4.78 is 0. The van der Waals surface area contributed by atoms with Gasteiger partial charge in [0.15, 0.2) is 0 Å². The smallest absolute Gasteiger partial charge is 0.333 e. The molecule has 1 aromatic rings. The highest BCUT2D eigenvalue weighted by atomic mass is 16.7. The van der Waals surface area contributed by atoms with Crippen LogP contribution in [0.2, 0.25) is 0 Å². The average Bonchev–Trinajstić information content (AvgIpc) is 3.40. The number of unbranched alkanes of at least 4 members (excludes halogenated alkanes) is 1. The van der Waals surface area contributed by atoms with Crippen LogP contribution in [0.4, 0.5) is 0 Å². The first-order valence-corrected chi connectivity index (χ1v) is 12.1. The van der Waals surface area contributed by atoms with Crippen LogP contribution < -0.4 is 0 Å². The van der Waals surface area contributed by atoms with Gasteiger partial charge >= 0.3 is 5.97 Å². The van der Waals surface area contributed by atoms with Crippen LogP contribution in [0.1, 0.15) is 69.8 Å². The van der Waals surface area contributed by atoms with Gasteiger partial charge in [-0.3, -0.25) is 9.59 Å². The third-order valence-electron chi connectivity index (χ3n) is 6.43. The molecule has 6 heteroatoms. The van der Waals surface area contributed by atoms with Gasteiger partial charge in [-0.1, -0.05) is 61.1 Å². The number of carbonyl (C=O) groups excluding carboxylic acids is 3. The maximum absolute atomic E-state index is 11.8. The van der Waals surface area contributed by atoms with Crippen LogP contribution in [0.15, 0.2) is 54.6 Å². The Morgan fingerprint density at radius 3 is 2.64 bits per heavy atom. The molecule has 1 heterocycles. The number of nitrogens with zero attached hydrogens (tertiary/aromatic N) is 1. The number of hydrogen-bond acceptors (Lipinski definition) is 5. The van der Waals surface area contributed by atoms with Crippen LogP contribution in [0.5, 0.6) is 0 Å². The number of hydroxylamine groups is 2. The van der Waals surface area contributed by atoms with Crippen LogP contribution >= 0.6 is 0 Å². The highest BCUT2D eigenvalue weighted by molar-refractivity contribution is 6.01. The third kappa shape index (κ3) is 8.28. The number of aliphatic hydroxyl groups is 1. The minimum absolute atomic E-state index is 0.110. The van der Waals surface area contributed by atoms with Gasteiger partial charge in [0.2, 0.25) is 0 Å². The van der Waals surface area contributed by atoms with Gasteiger partial charge in [0.25, 0.3) is 11.8 Å². The Morgan fingerprint density at radius 2 is 1.88 bits per heavy atom. The Balaban J connectivity index is 1.30. The minimum Gasteiger partial charge on any atom is -0.389 e. The molecule has 0 radical (unpaired) electrons. The van der Waals surface area contributed by atoms with Crippen molar-refractivity contribution < 1.29 is 24.3 Å². The van der Waals surface area contributed by atoms with E-state index in [1.807, 2.05) is 24.3 Å². The molecule has 33 heavy (non-hydrogen) atoms. The summed E-state index contributed by atoms with van der Waals surface area (Å²) in [6, 6.07) is 10.2. The first kappa shape index (κ1) is 24.9. The lowest BCUT2D eigenvalue weighted by atomic mass is 9.91. The minimum atomic E-state index is -0.543. The monoisotopic (exact) mass is 453 g/mol. The van der Waals surface area contributed by atoms with E-state index in [-0.39, 0.29) is 19.3 Å². The highest BCUT2D eigenvalue weighted by Gasteiger charge is 2.32. The topological polar surface area (TPSA) is 83.9 Å². The second kappa shape index (κ2) is 13.1. The molecule has 2 amide bonds. The molecule has 0 unspecified atom stereocenters. The standard InChI is InChI=1S/C27H35NO5/c29-24(17-15-21-9-4-3-5-10-21)18-16-23-13-8-12-22(23)11-6-1-2-7-14-27(32)33-28-25(30)19-20-26(28)31/h1,3-6,9-10,16,18,22-24,29H,2,7-8,11-15,17,19-20H2/b6-1-,18-16+/t22-,23+,24-/m0/s1. The number of aliphatic hydroxyl groups excluding tert-OH is 1. The Bertz CT molecular complexity index is 831. The van der Waals surface area contributed by atoms with Crippen molar-refractivity contribution in [1.29, 1.82) is 0 Å². The number of amides is 2. The molecule has 2 aliphatic rings. The van der Waals surface area contributed by atoms with Crippen molar-refractivity contribution in [3.63, 3.8) is 0 Å². The summed E-state index contributed by atoms with van der Waals surface area (Å²) in [5.41, 5.74) is 1.25. The van der Waals surface area contributed by atoms with E-state index in [2.05, 4.69) is 30.4 Å². The summed E-state index contributed by atoms with van der Waals surface area (Å²) in [4.78, 5) is 39.6. The molecule has 0 aromatic heterocycles. The average molecular weight is 454 g/mol. The largest absolute Gasteiger partial charge is 0.389 e. The highest BCUT2D eigenvalue weighted by Crippen LogP contribution is 2.35. The van der Waals surface area contributed by atoms with Crippen molar-refractivity contribution in [2.45, 2.75) is 76.7 Å². The summed E-state index contributed by atoms with van der Waals surface area (Å²) >= 11 is 0. The van der Waals surface area contributed by atoms with Crippen molar-refractivity contribution in [2.75, 3.05) is 0 Å². The zero-order valence-electron chi connectivity index (χ0n) is 19.2. The van der Waals surface area contributed by atoms with Crippen LogP contribution in [-0.2, 0) is 25.6 Å². The SMILES string of the molecule is O=C(CCC/C=C\C[C@H]1CCC[C@@H]1/C=C/[C@@H](O)CCc1ccccc1)ON1C(=O)CCC1=O. The molecule has 0 bridgehead atoms. The fraction of sp³-hybridized carbons (Fsp3) is 0.519. The van der Waals surface area contributed by atoms with Crippen LogP contribution in [-0.4, -0.2) is 34.1 Å². The Hall–Kier alpha value is -2.73. The van der Waals surface area contributed by atoms with E-state index in [0.29, 0.717) is 23.3 Å². The molecule has 3 rings (SSSR count). The predicted octanol–water partition coefficient (Wildman–Crippen LogP) is 4.68. The predicted molar refractivity (Wildman–Crippen MR) is 126 cm³/mol. The number of carbonyl (C=O) groups is 3. The zero-order valence-corrected chi connectivity index (χ0v) is 19.2. The molecule has 1 aromatic carbocycles. The molecular weight excluding hydrogens is 418 g/mol. The van der Waals surface area contributed by atoms with Gasteiger partial charge in [-0.05, 0) is 62.3 Å². The Labute approximate surface area is 196 Å². The van der Waals surface area contributed by atoms with Gasteiger partial charge in [0, 0.05) is 19.3 Å². The molecular formula is C27H35NO5. The number of benzene rings is 1. The Kier molecular flexibility index (Phi) is 9.88. The van der Waals surface area contributed by atoms with Crippen LogP contribution in [0.3, 0.4) is 0 Å². The van der Waals surface area contributed by atoms with Gasteiger partial charge < -0.3 is 9.94 Å². The fourth-order valence-electron chi connectivity index (χ4n) is 4.50. The molecule has 0 spiro atoms. The first-order chi connectivity index (χ1) is 16.0. The van der Waals surface area contributed by atoms with Crippen molar-refractivity contribution in [1.82, 2.24) is 5.06 Å². The lowest BCUT2D eigenvalue weighted by Gasteiger charge is -2.15. The fourth-order valence-corrected chi connectivity index (χ4v) is 4.50. The van der Waals surface area contributed by atoms with Crippen molar-refractivity contribution in [2.24, 2.45) is 11.8 Å². The molecule has 1 saturated heterocycles. The van der Waals surface area contributed by atoms with E-state index in [9.17, 15) is 19.5 Å². The molecule has 1 N–H and O–H groups in total. The third-order valence-corrected chi connectivity index (χ3v) is 6.43. The van der Waals surface area contributed by atoms with E-state index in [4.69, 9.17) is 4.84 Å². The molecule has 178 valence electrons. The summed E-state index contributed by atoms with van der Waals surface area (Å²) in [5, 5.41) is 10.9. The van der Waals surface area contributed by atoms with E-state index >= 15 is 0 Å². The normalized spacial score (nSPS) is 22.0. The van der Waals surface area contributed by atoms with Gasteiger partial charge in [0.1, 0.15) is 0 Å². The van der Waals surface area contributed by atoms with E-state index in [1.165, 1.54) is 24.8 Å². The molecule has 1 aliphatic carbocycles. The maximum atomic E-state index is 11.8. The lowest BCUT2D eigenvalue weighted by Crippen LogP contribution is -2.31. The molecule has 6 nitrogen and oxygen atoms in total. The van der Waals surface area contributed by atoms with E-state index in [0.717, 1.165) is 25.7 Å². The van der Waals surface area contributed by atoms with Crippen molar-refractivity contribution in [3.05, 3.63) is 60.2 Å². The number of rotatable bonds is 12. The van der Waals surface area contributed by atoms with Crippen LogP contribution in [0.25, 0.3) is 0 Å². The number of imide groups is 1. The second-order valence-electron chi connectivity index (χ2n) is 8.98. The molecule has 3 atom stereocenters. The number of hydrogen-bond donors (Lipinski definition) is 1. The van der Waals surface area contributed by atoms with Crippen molar-refractivity contribution >= 4 is 17.8 Å². The lowest BCUT2D eigenvalue weighted by molar-refractivity contribution is -0.197. The summed E-state index contributed by atoms with van der Waals surface area (Å²) in [7, 11) is 0. The number of allylic oxidation sites excluding steroid dienone is 3. The first-order valence-electron chi connectivity index (χ1n) is 12.1. The molecule has 1 saturated carbocycles. The summed E-state index contributed by atoms with van der Waals surface area (Å²) in [5.74, 6) is -0.337. The zero-order chi connectivity index (χ0) is 23.5. The van der Waals surface area contributed by atoms with Gasteiger partial charge in [0.05, 0.1) is 6.10 Å². The van der Waals surface area contributed by atoms with Gasteiger partial charge in [-0.25, -0.2) is 4.79 Å². The summed E-state index contributed by atoms with van der Waals surface area (Å²) in [6.07, 6.45) is 16.0. The van der Waals surface area contributed by atoms with Gasteiger partial charge in [-0.2, -0.15) is 0 Å². The number of aryl methyl sites for hydroxylation is 1. The van der Waals surface area contributed by atoms with E-state index < -0.39 is 23.9 Å².